The number of hydrogen-bond donors (Lipinski definition) is 4. The van der Waals surface area contributed by atoms with Crippen LogP contribution in [0.15, 0.2) is 42.0 Å². The summed E-state index contributed by atoms with van der Waals surface area (Å²) in [5, 5.41) is 21.0. The molecule has 1 heterocycles. The van der Waals surface area contributed by atoms with Crippen molar-refractivity contribution in [2.24, 2.45) is 34.5 Å². The fourth-order valence-electron chi connectivity index (χ4n) is 9.51. The van der Waals surface area contributed by atoms with E-state index < -0.39 is 29.6 Å². The van der Waals surface area contributed by atoms with Crippen molar-refractivity contribution in [1.82, 2.24) is 10.9 Å². The number of hydrogen-bond acceptors (Lipinski definition) is 8. The maximum absolute atomic E-state index is 12.9. The van der Waals surface area contributed by atoms with Crippen LogP contribution in [0.3, 0.4) is 0 Å². The molecule has 1 spiro atoms. The zero-order valence-electron chi connectivity index (χ0n) is 23.3. The number of aromatic hydroxyl groups is 1. The average molecular weight is 563 g/mol. The van der Waals surface area contributed by atoms with Crippen LogP contribution >= 0.6 is 0 Å². The van der Waals surface area contributed by atoms with Gasteiger partial charge in [0.15, 0.2) is 12.1 Å². The zero-order chi connectivity index (χ0) is 28.9. The highest BCUT2D eigenvalue weighted by Crippen LogP contribution is 2.71. The number of nitrogens with one attached hydrogen (secondary N) is 2. The van der Waals surface area contributed by atoms with Gasteiger partial charge >= 0.3 is 0 Å². The average Bonchev–Trinajstić information content (AvgIpc) is 3.47. The molecule has 1 saturated heterocycles. The van der Waals surface area contributed by atoms with Crippen LogP contribution in [-0.2, 0) is 23.9 Å². The van der Waals surface area contributed by atoms with Gasteiger partial charge in [-0.15, -0.1) is 0 Å². The first kappa shape index (κ1) is 28.0. The van der Waals surface area contributed by atoms with Crippen LogP contribution in [0.5, 0.6) is 5.75 Å². The third kappa shape index (κ3) is 4.50. The summed E-state index contributed by atoms with van der Waals surface area (Å²) >= 11 is 0. The molecule has 41 heavy (non-hydrogen) atoms. The number of aliphatic hydroxyl groups excluding tert-OH is 1. The number of hydrazine groups is 1. The number of allylic oxidation sites excluding steroid dienone is 2. The van der Waals surface area contributed by atoms with Gasteiger partial charge in [0, 0.05) is 30.3 Å². The number of fused-ring (bicyclic) bond motifs is 6. The van der Waals surface area contributed by atoms with E-state index in [4.69, 9.17) is 4.74 Å². The lowest BCUT2D eigenvalue weighted by Crippen LogP contribution is -2.58. The minimum absolute atomic E-state index is 0.0501. The molecule has 0 radical (unpaired) electrons. The molecular weight excluding hydrogens is 524 g/mol. The van der Waals surface area contributed by atoms with Gasteiger partial charge in [0.1, 0.15) is 18.0 Å². The first-order valence-corrected chi connectivity index (χ1v) is 14.8. The lowest BCUT2D eigenvalue weighted by molar-refractivity contribution is -0.155. The van der Waals surface area contributed by atoms with Crippen LogP contribution in [0.4, 0.5) is 0 Å². The molecule has 3 saturated carbocycles. The number of amides is 1. The van der Waals surface area contributed by atoms with Gasteiger partial charge in [0.05, 0.1) is 12.1 Å². The summed E-state index contributed by atoms with van der Waals surface area (Å²) in [5.74, 6) is 1.65. The first-order chi connectivity index (χ1) is 19.7. The standard InChI is InChI=1S/C32H38N2O7/c1-31-12-10-22(38)15-20(31)4-7-23-24-8-9-25(32(24)16-27(29(23)31)41-30(32)40)26(17-36)33-34-28(39)14-19(11-13-35)18-2-5-21(37)6-3-18/h2-3,5-6,11,15,17,19,23-27,29-30,33,37,40H,4,7-10,12,14,16H2,1H3,(H,34,39)/t19?,23-,24-,25+,26?,27?,29+,30?,31-,32+/m0/s1. The van der Waals surface area contributed by atoms with E-state index in [0.29, 0.717) is 24.3 Å². The molecule has 9 heteroatoms. The number of aldehydes is 1. The second-order valence-corrected chi connectivity index (χ2v) is 13.0. The van der Waals surface area contributed by atoms with Gasteiger partial charge < -0.3 is 19.7 Å². The topological polar surface area (TPSA) is 142 Å². The fraction of sp³-hybridized carbons (Fsp3) is 0.594. The van der Waals surface area contributed by atoms with Crippen molar-refractivity contribution >= 4 is 23.9 Å². The maximum Gasteiger partial charge on any atom is 0.235 e. The Balaban J connectivity index is 1.18. The SMILES string of the molecule is C[C@]12CCC(=O)C=C1CC[C@H]1[C@@H]3CC[C@H](C(C=O)NNC(=O)CC(C=C=O)c4ccc(O)cc4)[C@@]34CC(OC4O)[C@@H]12. The Hall–Kier alpha value is -3.10. The molecule has 1 aromatic carbocycles. The van der Waals surface area contributed by atoms with E-state index in [9.17, 15) is 29.4 Å². The number of ether oxygens (including phenoxy) is 1. The van der Waals surface area contributed by atoms with E-state index >= 15 is 0 Å². The quantitative estimate of drug-likeness (QED) is 0.215. The Morgan fingerprint density at radius 3 is 2.73 bits per heavy atom. The van der Waals surface area contributed by atoms with E-state index in [0.717, 1.165) is 38.4 Å². The van der Waals surface area contributed by atoms with E-state index in [1.807, 2.05) is 6.08 Å². The molecule has 218 valence electrons. The number of benzene rings is 1. The minimum atomic E-state index is -0.992. The van der Waals surface area contributed by atoms with Gasteiger partial charge in [0.2, 0.25) is 5.91 Å². The fourth-order valence-corrected chi connectivity index (χ4v) is 9.51. The van der Waals surface area contributed by atoms with Crippen molar-refractivity contribution < 1.29 is 34.1 Å². The number of carbonyl (C=O) groups excluding carboxylic acids is 4. The van der Waals surface area contributed by atoms with Crippen molar-refractivity contribution in [3.8, 4) is 5.75 Å². The van der Waals surface area contributed by atoms with Gasteiger partial charge in [-0.25, -0.2) is 10.2 Å². The number of rotatable bonds is 8. The highest BCUT2D eigenvalue weighted by Gasteiger charge is 2.71. The Kier molecular flexibility index (Phi) is 7.27. The van der Waals surface area contributed by atoms with Crippen molar-refractivity contribution in [3.63, 3.8) is 0 Å². The van der Waals surface area contributed by atoms with Gasteiger partial charge in [0.25, 0.3) is 0 Å². The smallest absolute Gasteiger partial charge is 0.235 e. The lowest BCUT2D eigenvalue weighted by Gasteiger charge is -2.57. The maximum atomic E-state index is 12.9. The Morgan fingerprint density at radius 2 is 2.00 bits per heavy atom. The molecule has 1 amide bonds. The molecule has 4 fully saturated rings. The summed E-state index contributed by atoms with van der Waals surface area (Å²) in [7, 11) is 0. The van der Waals surface area contributed by atoms with E-state index in [1.165, 1.54) is 23.8 Å². The summed E-state index contributed by atoms with van der Waals surface area (Å²) in [6, 6.07) is 5.55. The lowest BCUT2D eigenvalue weighted by atomic mass is 9.46. The summed E-state index contributed by atoms with van der Waals surface area (Å²) in [6.07, 6.45) is 8.21. The van der Waals surface area contributed by atoms with Crippen LogP contribution in [0.25, 0.3) is 0 Å². The zero-order valence-corrected chi connectivity index (χ0v) is 23.3. The highest BCUT2D eigenvalue weighted by molar-refractivity contribution is 5.91. The van der Waals surface area contributed by atoms with Crippen molar-refractivity contribution in [3.05, 3.63) is 47.6 Å². The number of ketones is 1. The van der Waals surface area contributed by atoms with E-state index in [2.05, 4.69) is 17.8 Å². The highest BCUT2D eigenvalue weighted by atomic mass is 16.6. The van der Waals surface area contributed by atoms with Gasteiger partial charge in [-0.1, -0.05) is 24.6 Å². The monoisotopic (exact) mass is 562 g/mol. The van der Waals surface area contributed by atoms with Crippen LogP contribution in [0.1, 0.15) is 69.8 Å². The number of carbonyl (C=O) groups is 3. The van der Waals surface area contributed by atoms with Gasteiger partial charge in [-0.3, -0.25) is 15.0 Å². The third-order valence-electron chi connectivity index (χ3n) is 11.3. The minimum Gasteiger partial charge on any atom is -0.508 e. The molecule has 6 rings (SSSR count). The van der Waals surface area contributed by atoms with Crippen LogP contribution in [-0.4, -0.2) is 52.6 Å². The van der Waals surface area contributed by atoms with E-state index in [-0.39, 0.29) is 47.2 Å². The van der Waals surface area contributed by atoms with Crippen molar-refractivity contribution in [2.75, 3.05) is 0 Å². The Morgan fingerprint density at radius 1 is 1.22 bits per heavy atom. The van der Waals surface area contributed by atoms with E-state index in [1.54, 1.807) is 18.1 Å². The molecule has 0 aromatic heterocycles. The molecule has 4 unspecified atom stereocenters. The molecule has 1 aliphatic heterocycles. The van der Waals surface area contributed by atoms with Crippen LogP contribution in [0, 0.1) is 34.5 Å². The summed E-state index contributed by atoms with van der Waals surface area (Å²) in [6.45, 7) is 2.27. The predicted octanol–water partition coefficient (Wildman–Crippen LogP) is 2.90. The number of phenols is 1. The number of phenolic OH excluding ortho intramolecular Hbond substituents is 1. The normalized spacial score (nSPS) is 38.4. The molecule has 5 aliphatic rings. The summed E-state index contributed by atoms with van der Waals surface area (Å²) in [5.41, 5.74) is 6.83. The molecule has 4 N–H and O–H groups in total. The molecule has 1 aromatic rings. The molecule has 4 aliphatic carbocycles. The first-order valence-electron chi connectivity index (χ1n) is 14.8. The Labute approximate surface area is 239 Å². The largest absolute Gasteiger partial charge is 0.508 e. The van der Waals surface area contributed by atoms with Crippen molar-refractivity contribution in [1.29, 1.82) is 0 Å². The van der Waals surface area contributed by atoms with Gasteiger partial charge in [-0.05, 0) is 91.4 Å². The number of aliphatic hydroxyl groups is 1. The molecule has 9 nitrogen and oxygen atoms in total. The summed E-state index contributed by atoms with van der Waals surface area (Å²) < 4.78 is 6.34. The molecule has 10 atom stereocenters. The molecular formula is C32H38N2O7. The van der Waals surface area contributed by atoms with Crippen LogP contribution in [0.2, 0.25) is 0 Å². The second-order valence-electron chi connectivity index (χ2n) is 13.0. The van der Waals surface area contributed by atoms with Crippen LogP contribution < -0.4 is 10.9 Å². The molecule has 2 bridgehead atoms. The third-order valence-corrected chi connectivity index (χ3v) is 11.3. The van der Waals surface area contributed by atoms with Crippen molar-refractivity contribution in [2.45, 2.75) is 82.6 Å². The Bertz CT molecular complexity index is 1300. The predicted molar refractivity (Wildman–Crippen MR) is 148 cm³/mol. The summed E-state index contributed by atoms with van der Waals surface area (Å²) in [4.78, 5) is 48.6. The van der Waals surface area contributed by atoms with Gasteiger partial charge in [-0.2, -0.15) is 0 Å². The second kappa shape index (κ2) is 10.6.